The quantitative estimate of drug-likeness (QED) is 0.763. The Kier molecular flexibility index (Phi) is 6.11. The molecule has 0 bridgehead atoms. The van der Waals surface area contributed by atoms with Gasteiger partial charge in [-0.25, -0.2) is 0 Å². The standard InChI is InChI=1S/C16H33N3/c1-4-17-16-9-5-7-14(16)10-12-18(2)13-15-8-6-11-19(15)3/h14-17H,4-13H2,1-3H3. The van der Waals surface area contributed by atoms with Gasteiger partial charge in [0.1, 0.15) is 0 Å². The van der Waals surface area contributed by atoms with E-state index in [2.05, 4.69) is 36.1 Å². The molecule has 0 amide bonds. The molecule has 0 spiro atoms. The summed E-state index contributed by atoms with van der Waals surface area (Å²) in [5.74, 6) is 0.920. The molecule has 0 aromatic rings. The maximum atomic E-state index is 3.67. The molecule has 1 N–H and O–H groups in total. The largest absolute Gasteiger partial charge is 0.314 e. The highest BCUT2D eigenvalue weighted by Gasteiger charge is 2.27. The van der Waals surface area contributed by atoms with E-state index in [1.165, 1.54) is 58.2 Å². The van der Waals surface area contributed by atoms with Gasteiger partial charge in [-0.1, -0.05) is 13.3 Å². The Labute approximate surface area is 119 Å². The Morgan fingerprint density at radius 3 is 2.74 bits per heavy atom. The van der Waals surface area contributed by atoms with Crippen molar-refractivity contribution in [2.24, 2.45) is 5.92 Å². The second-order valence-electron chi connectivity index (χ2n) is 6.68. The molecule has 19 heavy (non-hydrogen) atoms. The second-order valence-corrected chi connectivity index (χ2v) is 6.68. The molecule has 3 nitrogen and oxygen atoms in total. The molecule has 3 unspecified atom stereocenters. The Hall–Kier alpha value is -0.120. The predicted molar refractivity (Wildman–Crippen MR) is 82.6 cm³/mol. The van der Waals surface area contributed by atoms with Gasteiger partial charge in [0.05, 0.1) is 0 Å². The van der Waals surface area contributed by atoms with Gasteiger partial charge in [-0.15, -0.1) is 0 Å². The predicted octanol–water partition coefficient (Wildman–Crippen LogP) is 2.18. The normalized spacial score (nSPS) is 32.5. The van der Waals surface area contributed by atoms with Crippen LogP contribution in [0.1, 0.15) is 45.4 Å². The van der Waals surface area contributed by atoms with Crippen molar-refractivity contribution in [2.75, 3.05) is 40.3 Å². The van der Waals surface area contributed by atoms with Crippen LogP contribution in [0, 0.1) is 5.92 Å². The van der Waals surface area contributed by atoms with Gasteiger partial charge in [0, 0.05) is 18.6 Å². The number of hydrogen-bond donors (Lipinski definition) is 1. The van der Waals surface area contributed by atoms with Crippen LogP contribution in [0.5, 0.6) is 0 Å². The first-order chi connectivity index (χ1) is 9.20. The van der Waals surface area contributed by atoms with Crippen LogP contribution in [-0.4, -0.2) is 62.2 Å². The summed E-state index contributed by atoms with van der Waals surface area (Å²) in [6.45, 7) is 7.19. The van der Waals surface area contributed by atoms with Crippen molar-refractivity contribution >= 4 is 0 Å². The number of rotatable bonds is 7. The molecule has 2 rings (SSSR count). The van der Waals surface area contributed by atoms with Crippen LogP contribution in [0.3, 0.4) is 0 Å². The lowest BCUT2D eigenvalue weighted by Crippen LogP contribution is -2.38. The first-order valence-electron chi connectivity index (χ1n) is 8.33. The SMILES string of the molecule is CCNC1CCCC1CCN(C)CC1CCCN1C. The summed E-state index contributed by atoms with van der Waals surface area (Å²) in [7, 11) is 4.59. The van der Waals surface area contributed by atoms with Gasteiger partial charge in [-0.2, -0.15) is 0 Å². The Morgan fingerprint density at radius 2 is 2.05 bits per heavy atom. The van der Waals surface area contributed by atoms with Crippen molar-refractivity contribution < 1.29 is 0 Å². The zero-order valence-electron chi connectivity index (χ0n) is 13.2. The van der Waals surface area contributed by atoms with E-state index in [1.807, 2.05) is 0 Å². The summed E-state index contributed by atoms with van der Waals surface area (Å²) in [6.07, 6.45) is 8.43. The third-order valence-corrected chi connectivity index (χ3v) is 5.20. The average Bonchev–Trinajstić information content (AvgIpc) is 2.98. The Bertz CT molecular complexity index is 256. The molecule has 1 aliphatic carbocycles. The molecule has 0 aromatic heterocycles. The van der Waals surface area contributed by atoms with Crippen LogP contribution in [-0.2, 0) is 0 Å². The highest BCUT2D eigenvalue weighted by atomic mass is 15.2. The van der Waals surface area contributed by atoms with E-state index >= 15 is 0 Å². The molecule has 3 atom stereocenters. The molecule has 1 aliphatic heterocycles. The van der Waals surface area contributed by atoms with Crippen molar-refractivity contribution in [3.63, 3.8) is 0 Å². The van der Waals surface area contributed by atoms with Gasteiger partial charge in [0.2, 0.25) is 0 Å². The van der Waals surface area contributed by atoms with Gasteiger partial charge < -0.3 is 15.1 Å². The number of likely N-dealkylation sites (tertiary alicyclic amines) is 1. The number of nitrogens with zero attached hydrogens (tertiary/aromatic N) is 2. The zero-order chi connectivity index (χ0) is 13.7. The fourth-order valence-electron chi connectivity index (χ4n) is 3.96. The third-order valence-electron chi connectivity index (χ3n) is 5.20. The third kappa shape index (κ3) is 4.44. The summed E-state index contributed by atoms with van der Waals surface area (Å²) in [5, 5.41) is 3.67. The first-order valence-corrected chi connectivity index (χ1v) is 8.33. The topological polar surface area (TPSA) is 18.5 Å². The van der Waals surface area contributed by atoms with Crippen molar-refractivity contribution in [3.05, 3.63) is 0 Å². The van der Waals surface area contributed by atoms with E-state index < -0.39 is 0 Å². The maximum absolute atomic E-state index is 3.67. The molecule has 3 heteroatoms. The smallest absolute Gasteiger partial charge is 0.0220 e. The van der Waals surface area contributed by atoms with Gasteiger partial charge >= 0.3 is 0 Å². The van der Waals surface area contributed by atoms with E-state index in [1.54, 1.807) is 0 Å². The van der Waals surface area contributed by atoms with Crippen molar-refractivity contribution in [1.82, 2.24) is 15.1 Å². The zero-order valence-corrected chi connectivity index (χ0v) is 13.2. The molecule has 1 heterocycles. The van der Waals surface area contributed by atoms with E-state index in [9.17, 15) is 0 Å². The number of nitrogens with one attached hydrogen (secondary N) is 1. The minimum absolute atomic E-state index is 0.799. The molecule has 2 aliphatic rings. The summed E-state index contributed by atoms with van der Waals surface area (Å²) in [4.78, 5) is 5.10. The molecule has 0 aromatic carbocycles. The lowest BCUT2D eigenvalue weighted by Gasteiger charge is -2.28. The minimum atomic E-state index is 0.799. The summed E-state index contributed by atoms with van der Waals surface area (Å²) in [6, 6.07) is 1.60. The lowest BCUT2D eigenvalue weighted by atomic mass is 9.99. The van der Waals surface area contributed by atoms with Gasteiger partial charge in [-0.3, -0.25) is 0 Å². The fraction of sp³-hybridized carbons (Fsp3) is 1.00. The van der Waals surface area contributed by atoms with Crippen LogP contribution in [0.2, 0.25) is 0 Å². The molecule has 2 fully saturated rings. The monoisotopic (exact) mass is 267 g/mol. The highest BCUT2D eigenvalue weighted by Crippen LogP contribution is 2.28. The van der Waals surface area contributed by atoms with Crippen LogP contribution < -0.4 is 5.32 Å². The van der Waals surface area contributed by atoms with Gasteiger partial charge in [0.25, 0.3) is 0 Å². The molecule has 1 saturated heterocycles. The van der Waals surface area contributed by atoms with Crippen LogP contribution in [0.15, 0.2) is 0 Å². The van der Waals surface area contributed by atoms with Crippen molar-refractivity contribution in [3.8, 4) is 0 Å². The lowest BCUT2D eigenvalue weighted by molar-refractivity contribution is 0.207. The van der Waals surface area contributed by atoms with Gasteiger partial charge in [0.15, 0.2) is 0 Å². The van der Waals surface area contributed by atoms with Gasteiger partial charge in [-0.05, 0) is 71.8 Å². The van der Waals surface area contributed by atoms with Crippen LogP contribution in [0.4, 0.5) is 0 Å². The van der Waals surface area contributed by atoms with E-state index in [0.29, 0.717) is 0 Å². The average molecular weight is 267 g/mol. The summed E-state index contributed by atoms with van der Waals surface area (Å²) < 4.78 is 0. The van der Waals surface area contributed by atoms with E-state index in [0.717, 1.165) is 24.5 Å². The fourth-order valence-corrected chi connectivity index (χ4v) is 3.96. The Balaban J connectivity index is 1.66. The van der Waals surface area contributed by atoms with Crippen molar-refractivity contribution in [2.45, 2.75) is 57.5 Å². The highest BCUT2D eigenvalue weighted by molar-refractivity contribution is 4.84. The second kappa shape index (κ2) is 7.61. The molecular weight excluding hydrogens is 234 g/mol. The first kappa shape index (κ1) is 15.3. The van der Waals surface area contributed by atoms with Crippen LogP contribution in [0.25, 0.3) is 0 Å². The Morgan fingerprint density at radius 1 is 1.21 bits per heavy atom. The number of hydrogen-bond acceptors (Lipinski definition) is 3. The molecular formula is C16H33N3. The minimum Gasteiger partial charge on any atom is -0.314 e. The molecule has 1 saturated carbocycles. The number of likely N-dealkylation sites (N-methyl/N-ethyl adjacent to an activating group) is 2. The van der Waals surface area contributed by atoms with E-state index in [4.69, 9.17) is 0 Å². The summed E-state index contributed by atoms with van der Waals surface area (Å²) in [5.41, 5.74) is 0. The van der Waals surface area contributed by atoms with Crippen LogP contribution >= 0.6 is 0 Å². The van der Waals surface area contributed by atoms with Crippen molar-refractivity contribution in [1.29, 1.82) is 0 Å². The molecule has 112 valence electrons. The molecule has 0 radical (unpaired) electrons. The van der Waals surface area contributed by atoms with E-state index in [-0.39, 0.29) is 0 Å². The summed E-state index contributed by atoms with van der Waals surface area (Å²) >= 11 is 0. The maximum Gasteiger partial charge on any atom is 0.0220 e.